The van der Waals surface area contributed by atoms with Gasteiger partial charge in [-0.3, -0.25) is 4.98 Å². The van der Waals surface area contributed by atoms with E-state index in [0.717, 1.165) is 12.1 Å². The predicted octanol–water partition coefficient (Wildman–Crippen LogP) is 4.30. The molecule has 0 fully saturated rings. The Labute approximate surface area is 139 Å². The van der Waals surface area contributed by atoms with Crippen molar-refractivity contribution < 1.29 is 9.50 Å². The van der Waals surface area contributed by atoms with Crippen LogP contribution in [0, 0.1) is 5.82 Å². The van der Waals surface area contributed by atoms with Crippen molar-refractivity contribution in [3.8, 4) is 0 Å². The largest absolute Gasteiger partial charge is 0.387 e. The SMILES string of the molecule is CCC(NCC(O)c1cc(Cl)cc(Cl)c1)c1ccc(F)cn1. The van der Waals surface area contributed by atoms with Crippen LogP contribution in [0.2, 0.25) is 10.0 Å². The van der Waals surface area contributed by atoms with Gasteiger partial charge in [-0.1, -0.05) is 30.1 Å². The van der Waals surface area contributed by atoms with Crippen LogP contribution >= 0.6 is 23.2 Å². The van der Waals surface area contributed by atoms with E-state index in [0.29, 0.717) is 22.2 Å². The lowest BCUT2D eigenvalue weighted by Crippen LogP contribution is -2.26. The van der Waals surface area contributed by atoms with E-state index in [2.05, 4.69) is 10.3 Å². The number of rotatable bonds is 6. The van der Waals surface area contributed by atoms with E-state index in [1.807, 2.05) is 6.92 Å². The van der Waals surface area contributed by atoms with Gasteiger partial charge < -0.3 is 10.4 Å². The summed E-state index contributed by atoms with van der Waals surface area (Å²) in [5.41, 5.74) is 1.38. The van der Waals surface area contributed by atoms with Gasteiger partial charge in [-0.05, 0) is 42.3 Å². The molecule has 2 rings (SSSR count). The molecule has 2 atom stereocenters. The number of halogens is 3. The minimum Gasteiger partial charge on any atom is -0.387 e. The Morgan fingerprint density at radius 1 is 1.23 bits per heavy atom. The monoisotopic (exact) mass is 342 g/mol. The summed E-state index contributed by atoms with van der Waals surface area (Å²) in [5.74, 6) is -0.368. The maximum atomic E-state index is 12.9. The first kappa shape index (κ1) is 17.2. The minimum absolute atomic E-state index is 0.0649. The first-order chi connectivity index (χ1) is 10.5. The van der Waals surface area contributed by atoms with E-state index in [4.69, 9.17) is 23.2 Å². The topological polar surface area (TPSA) is 45.1 Å². The molecule has 0 radical (unpaired) electrons. The van der Waals surface area contributed by atoms with E-state index >= 15 is 0 Å². The first-order valence-electron chi connectivity index (χ1n) is 6.98. The van der Waals surface area contributed by atoms with Crippen molar-refractivity contribution in [2.24, 2.45) is 0 Å². The zero-order valence-corrected chi connectivity index (χ0v) is 13.6. The minimum atomic E-state index is -0.745. The normalized spacial score (nSPS) is 13.9. The Morgan fingerprint density at radius 3 is 2.45 bits per heavy atom. The van der Waals surface area contributed by atoms with Gasteiger partial charge in [0.15, 0.2) is 0 Å². The third-order valence-corrected chi connectivity index (χ3v) is 3.78. The Balaban J connectivity index is 2.02. The number of aliphatic hydroxyl groups excluding tert-OH is 1. The molecule has 118 valence electrons. The molecule has 1 aromatic carbocycles. The van der Waals surface area contributed by atoms with Gasteiger partial charge in [0, 0.05) is 22.6 Å². The Kier molecular flexibility index (Phi) is 6.15. The number of hydrogen-bond acceptors (Lipinski definition) is 3. The fourth-order valence-corrected chi connectivity index (χ4v) is 2.73. The van der Waals surface area contributed by atoms with Gasteiger partial charge >= 0.3 is 0 Å². The molecule has 2 aromatic rings. The van der Waals surface area contributed by atoms with Crippen LogP contribution in [0.25, 0.3) is 0 Å². The van der Waals surface area contributed by atoms with E-state index in [1.165, 1.54) is 12.3 Å². The first-order valence-corrected chi connectivity index (χ1v) is 7.74. The summed E-state index contributed by atoms with van der Waals surface area (Å²) in [6, 6.07) is 7.92. The number of pyridine rings is 1. The molecule has 0 spiro atoms. The summed E-state index contributed by atoms with van der Waals surface area (Å²) in [7, 11) is 0. The van der Waals surface area contributed by atoms with Crippen molar-refractivity contribution in [1.29, 1.82) is 0 Å². The third kappa shape index (κ3) is 4.65. The molecule has 1 aromatic heterocycles. The van der Waals surface area contributed by atoms with Crippen molar-refractivity contribution in [2.45, 2.75) is 25.5 Å². The highest BCUT2D eigenvalue weighted by Gasteiger charge is 2.14. The average Bonchev–Trinajstić information content (AvgIpc) is 2.48. The zero-order chi connectivity index (χ0) is 16.1. The van der Waals surface area contributed by atoms with Crippen LogP contribution in [-0.4, -0.2) is 16.6 Å². The van der Waals surface area contributed by atoms with E-state index in [1.54, 1.807) is 24.3 Å². The van der Waals surface area contributed by atoms with E-state index in [9.17, 15) is 9.50 Å². The Morgan fingerprint density at radius 2 is 1.91 bits per heavy atom. The van der Waals surface area contributed by atoms with E-state index in [-0.39, 0.29) is 11.9 Å². The average molecular weight is 343 g/mol. The third-order valence-electron chi connectivity index (χ3n) is 3.34. The second-order valence-electron chi connectivity index (χ2n) is 4.99. The van der Waals surface area contributed by atoms with Gasteiger partial charge in [-0.25, -0.2) is 4.39 Å². The summed E-state index contributed by atoms with van der Waals surface area (Å²) in [6.07, 6.45) is 1.21. The summed E-state index contributed by atoms with van der Waals surface area (Å²) in [4.78, 5) is 4.07. The van der Waals surface area contributed by atoms with Crippen molar-refractivity contribution in [1.82, 2.24) is 10.3 Å². The van der Waals surface area contributed by atoms with Crippen molar-refractivity contribution >= 4 is 23.2 Å². The molecule has 22 heavy (non-hydrogen) atoms. The molecule has 0 saturated heterocycles. The summed E-state index contributed by atoms with van der Waals surface area (Å²) in [6.45, 7) is 2.31. The number of aliphatic hydroxyl groups is 1. The fraction of sp³-hybridized carbons (Fsp3) is 0.312. The van der Waals surface area contributed by atoms with Crippen LogP contribution in [0.1, 0.15) is 36.7 Å². The molecule has 2 N–H and O–H groups in total. The quantitative estimate of drug-likeness (QED) is 0.822. The summed E-state index contributed by atoms with van der Waals surface area (Å²) in [5, 5.41) is 14.4. The zero-order valence-electron chi connectivity index (χ0n) is 12.1. The van der Waals surface area contributed by atoms with Crippen LogP contribution in [0.3, 0.4) is 0 Å². The summed E-state index contributed by atoms with van der Waals surface area (Å²) < 4.78 is 12.9. The second kappa shape index (κ2) is 7.88. The van der Waals surface area contributed by atoms with Crippen LogP contribution < -0.4 is 5.32 Å². The smallest absolute Gasteiger partial charge is 0.141 e. The number of benzene rings is 1. The van der Waals surface area contributed by atoms with Crippen LogP contribution in [0.15, 0.2) is 36.5 Å². The standard InChI is InChI=1S/C16H17Cl2FN2O/c1-2-14(15-4-3-13(19)8-20-15)21-9-16(22)10-5-11(17)7-12(18)6-10/h3-8,14,16,21-22H,2,9H2,1H3. The van der Waals surface area contributed by atoms with Crippen molar-refractivity contribution in [3.05, 3.63) is 63.6 Å². The molecule has 0 saturated carbocycles. The molecule has 0 aliphatic carbocycles. The van der Waals surface area contributed by atoms with Gasteiger partial charge in [0.05, 0.1) is 18.0 Å². The van der Waals surface area contributed by atoms with Crippen LogP contribution in [0.5, 0.6) is 0 Å². The maximum absolute atomic E-state index is 12.9. The molecular formula is C16H17Cl2FN2O. The Hall–Kier alpha value is -1.20. The van der Waals surface area contributed by atoms with Gasteiger partial charge in [-0.15, -0.1) is 0 Å². The van der Waals surface area contributed by atoms with Gasteiger partial charge in [0.25, 0.3) is 0 Å². The van der Waals surface area contributed by atoms with Gasteiger partial charge in [0.1, 0.15) is 5.82 Å². The second-order valence-corrected chi connectivity index (χ2v) is 5.86. The predicted molar refractivity (Wildman–Crippen MR) is 86.7 cm³/mol. The molecule has 0 aliphatic rings. The molecule has 0 bridgehead atoms. The lowest BCUT2D eigenvalue weighted by molar-refractivity contribution is 0.169. The lowest BCUT2D eigenvalue weighted by atomic mass is 10.1. The lowest BCUT2D eigenvalue weighted by Gasteiger charge is -2.19. The highest BCUT2D eigenvalue weighted by molar-refractivity contribution is 6.34. The fourth-order valence-electron chi connectivity index (χ4n) is 2.19. The van der Waals surface area contributed by atoms with Crippen LogP contribution in [0.4, 0.5) is 4.39 Å². The van der Waals surface area contributed by atoms with Crippen molar-refractivity contribution in [2.75, 3.05) is 6.54 Å². The molecule has 0 aliphatic heterocycles. The molecule has 3 nitrogen and oxygen atoms in total. The number of aromatic nitrogens is 1. The molecular weight excluding hydrogens is 326 g/mol. The molecule has 2 unspecified atom stereocenters. The number of nitrogens with one attached hydrogen (secondary N) is 1. The van der Waals surface area contributed by atoms with Crippen LogP contribution in [-0.2, 0) is 0 Å². The molecule has 0 amide bonds. The van der Waals surface area contributed by atoms with E-state index < -0.39 is 6.10 Å². The molecule has 6 heteroatoms. The van der Waals surface area contributed by atoms with Gasteiger partial charge in [0.2, 0.25) is 0 Å². The molecule has 1 heterocycles. The highest BCUT2D eigenvalue weighted by Crippen LogP contribution is 2.24. The van der Waals surface area contributed by atoms with Crippen molar-refractivity contribution in [3.63, 3.8) is 0 Å². The number of hydrogen-bond donors (Lipinski definition) is 2. The Bertz CT molecular complexity index is 602. The summed E-state index contributed by atoms with van der Waals surface area (Å²) >= 11 is 11.9. The highest BCUT2D eigenvalue weighted by atomic mass is 35.5. The maximum Gasteiger partial charge on any atom is 0.141 e. The van der Waals surface area contributed by atoms with Gasteiger partial charge in [-0.2, -0.15) is 0 Å². The number of nitrogens with zero attached hydrogens (tertiary/aromatic N) is 1.